The Hall–Kier alpha value is -3.32. The largest absolute Gasteiger partial charge is 0.492 e. The van der Waals surface area contributed by atoms with E-state index in [-0.39, 0.29) is 18.6 Å². The van der Waals surface area contributed by atoms with E-state index < -0.39 is 6.10 Å². The van der Waals surface area contributed by atoms with E-state index in [4.69, 9.17) is 25.8 Å². The van der Waals surface area contributed by atoms with E-state index in [1.54, 1.807) is 30.3 Å². The highest BCUT2D eigenvalue weighted by molar-refractivity contribution is 6.32. The molecule has 2 aromatic rings. The lowest BCUT2D eigenvalue weighted by Crippen LogP contribution is -2.35. The molecule has 0 unspecified atom stereocenters. The zero-order valence-corrected chi connectivity index (χ0v) is 21.2. The summed E-state index contributed by atoms with van der Waals surface area (Å²) in [6.07, 6.45) is 0.892. The number of nitrogens with one attached hydrogen (secondary N) is 2. The third-order valence-electron chi connectivity index (χ3n) is 5.25. The Kier molecular flexibility index (Phi) is 10.4. The number of hydrogen-bond acceptors (Lipinski definition) is 8. The SMILES string of the molecule is CC(C)NC[C@H](O)COc1ccc(OCCCOc2ccc(C3=NNC(=O)CC3)cc2Cl)c(C#N)c1. The summed E-state index contributed by atoms with van der Waals surface area (Å²) in [4.78, 5) is 11.3. The lowest BCUT2D eigenvalue weighted by Gasteiger charge is -2.16. The molecule has 10 heteroatoms. The number of benzene rings is 2. The van der Waals surface area contributed by atoms with E-state index in [0.717, 1.165) is 11.3 Å². The van der Waals surface area contributed by atoms with Gasteiger partial charge in [0.2, 0.25) is 5.91 Å². The Bertz CT molecular complexity index is 1120. The topological polar surface area (TPSA) is 125 Å². The average molecular weight is 515 g/mol. The molecule has 0 aromatic heterocycles. The lowest BCUT2D eigenvalue weighted by molar-refractivity contribution is -0.121. The van der Waals surface area contributed by atoms with Crippen LogP contribution in [0.25, 0.3) is 0 Å². The van der Waals surface area contributed by atoms with Gasteiger partial charge in [0.15, 0.2) is 0 Å². The fourth-order valence-electron chi connectivity index (χ4n) is 3.34. The van der Waals surface area contributed by atoms with Crippen LogP contribution in [-0.2, 0) is 4.79 Å². The number of nitriles is 1. The van der Waals surface area contributed by atoms with E-state index in [1.807, 2.05) is 19.9 Å². The van der Waals surface area contributed by atoms with Crippen molar-refractivity contribution < 1.29 is 24.1 Å². The molecule has 0 spiro atoms. The molecular weight excluding hydrogens is 484 g/mol. The van der Waals surface area contributed by atoms with Gasteiger partial charge in [-0.15, -0.1) is 0 Å². The van der Waals surface area contributed by atoms with Gasteiger partial charge >= 0.3 is 0 Å². The molecule has 192 valence electrons. The number of hydrogen-bond donors (Lipinski definition) is 3. The molecular formula is C26H31ClN4O5. The molecule has 1 heterocycles. The zero-order valence-electron chi connectivity index (χ0n) is 20.4. The summed E-state index contributed by atoms with van der Waals surface area (Å²) in [7, 11) is 0. The van der Waals surface area contributed by atoms with E-state index in [2.05, 4.69) is 21.9 Å². The molecule has 36 heavy (non-hydrogen) atoms. The second-order valence-electron chi connectivity index (χ2n) is 8.59. The van der Waals surface area contributed by atoms with Crippen LogP contribution >= 0.6 is 11.6 Å². The first-order chi connectivity index (χ1) is 17.4. The Balaban J connectivity index is 1.42. The molecule has 0 aliphatic carbocycles. The number of carbonyl (C=O) groups excluding carboxylic acids is 1. The number of nitrogens with zero attached hydrogens (tertiary/aromatic N) is 2. The molecule has 1 atom stereocenters. The highest BCUT2D eigenvalue weighted by Gasteiger charge is 2.15. The third-order valence-corrected chi connectivity index (χ3v) is 5.54. The van der Waals surface area contributed by atoms with Gasteiger partial charge < -0.3 is 24.6 Å². The molecule has 2 aromatic carbocycles. The van der Waals surface area contributed by atoms with Crippen LogP contribution in [0.3, 0.4) is 0 Å². The molecule has 9 nitrogen and oxygen atoms in total. The van der Waals surface area contributed by atoms with Crippen molar-refractivity contribution in [1.29, 1.82) is 5.26 Å². The average Bonchev–Trinajstić information content (AvgIpc) is 2.87. The summed E-state index contributed by atoms with van der Waals surface area (Å²) in [5, 5.41) is 27.1. The van der Waals surface area contributed by atoms with Crippen LogP contribution in [0.2, 0.25) is 5.02 Å². The summed E-state index contributed by atoms with van der Waals surface area (Å²) < 4.78 is 17.1. The van der Waals surface area contributed by atoms with Crippen molar-refractivity contribution in [2.45, 2.75) is 45.3 Å². The van der Waals surface area contributed by atoms with Crippen molar-refractivity contribution in [3.05, 3.63) is 52.5 Å². The molecule has 3 rings (SSSR count). The Morgan fingerprint density at radius 2 is 1.89 bits per heavy atom. The highest BCUT2D eigenvalue weighted by atomic mass is 35.5. The van der Waals surface area contributed by atoms with Crippen molar-refractivity contribution in [2.24, 2.45) is 5.10 Å². The maximum atomic E-state index is 11.3. The monoisotopic (exact) mass is 514 g/mol. The molecule has 0 bridgehead atoms. The van der Waals surface area contributed by atoms with Crippen molar-refractivity contribution in [2.75, 3.05) is 26.4 Å². The number of halogens is 1. The van der Waals surface area contributed by atoms with Gasteiger partial charge in [0, 0.05) is 37.9 Å². The van der Waals surface area contributed by atoms with Gasteiger partial charge in [-0.05, 0) is 35.9 Å². The number of aliphatic hydroxyl groups excluding tert-OH is 1. The molecule has 1 aliphatic rings. The summed E-state index contributed by atoms with van der Waals surface area (Å²) in [6.45, 7) is 5.28. The molecule has 1 aliphatic heterocycles. The zero-order chi connectivity index (χ0) is 25.9. The Morgan fingerprint density at radius 3 is 2.56 bits per heavy atom. The van der Waals surface area contributed by atoms with E-state index in [1.165, 1.54) is 0 Å². The van der Waals surface area contributed by atoms with Gasteiger partial charge in [-0.1, -0.05) is 25.4 Å². The molecule has 0 fully saturated rings. The number of hydrazone groups is 1. The van der Waals surface area contributed by atoms with Crippen LogP contribution in [0.5, 0.6) is 17.2 Å². The molecule has 3 N–H and O–H groups in total. The number of amides is 1. The van der Waals surface area contributed by atoms with Gasteiger partial charge in [-0.25, -0.2) is 5.43 Å². The smallest absolute Gasteiger partial charge is 0.240 e. The number of carbonyl (C=O) groups is 1. The fourth-order valence-corrected chi connectivity index (χ4v) is 3.57. The maximum absolute atomic E-state index is 11.3. The summed E-state index contributed by atoms with van der Waals surface area (Å²) in [6, 6.07) is 12.8. The first kappa shape index (κ1) is 27.3. The third kappa shape index (κ3) is 8.41. The standard InChI is InChI=1S/C26H31ClN4O5/c1-17(2)29-15-20(32)16-36-21-5-8-24(19(12-21)14-28)34-10-3-11-35-25-7-4-18(13-22(25)27)23-6-9-26(33)31-30-23/h4-5,7-8,12-13,17,20,29,32H,3,6,9-11,15-16H2,1-2H3,(H,31,33)/t20-/m0/s1. The second-order valence-corrected chi connectivity index (χ2v) is 8.99. The lowest BCUT2D eigenvalue weighted by atomic mass is 10.0. The van der Waals surface area contributed by atoms with E-state index in [0.29, 0.717) is 66.9 Å². The minimum Gasteiger partial charge on any atom is -0.492 e. The highest BCUT2D eigenvalue weighted by Crippen LogP contribution is 2.27. The van der Waals surface area contributed by atoms with Gasteiger partial charge in [-0.2, -0.15) is 10.4 Å². The number of aliphatic hydroxyl groups is 1. The summed E-state index contributed by atoms with van der Waals surface area (Å²) >= 11 is 6.35. The van der Waals surface area contributed by atoms with E-state index >= 15 is 0 Å². The van der Waals surface area contributed by atoms with Gasteiger partial charge in [0.1, 0.15) is 36.0 Å². The van der Waals surface area contributed by atoms with Crippen LogP contribution < -0.4 is 25.0 Å². The first-order valence-electron chi connectivity index (χ1n) is 11.8. The first-order valence-corrected chi connectivity index (χ1v) is 12.2. The van der Waals surface area contributed by atoms with Crippen molar-refractivity contribution in [3.63, 3.8) is 0 Å². The maximum Gasteiger partial charge on any atom is 0.240 e. The van der Waals surface area contributed by atoms with Crippen LogP contribution in [-0.4, -0.2) is 55.2 Å². The molecule has 0 saturated heterocycles. The number of rotatable bonds is 13. The minimum atomic E-state index is -0.651. The van der Waals surface area contributed by atoms with Crippen LogP contribution in [0, 0.1) is 11.3 Å². The molecule has 1 amide bonds. The van der Waals surface area contributed by atoms with Crippen molar-refractivity contribution >= 4 is 23.2 Å². The molecule has 0 radical (unpaired) electrons. The van der Waals surface area contributed by atoms with Gasteiger partial charge in [0.05, 0.1) is 29.5 Å². The Morgan fingerprint density at radius 1 is 1.14 bits per heavy atom. The number of ether oxygens (including phenoxy) is 3. The second kappa shape index (κ2) is 13.7. The minimum absolute atomic E-state index is 0.0942. The van der Waals surface area contributed by atoms with Crippen molar-refractivity contribution in [3.8, 4) is 23.3 Å². The van der Waals surface area contributed by atoms with Crippen LogP contribution in [0.4, 0.5) is 0 Å². The van der Waals surface area contributed by atoms with E-state index in [9.17, 15) is 15.2 Å². The summed E-state index contributed by atoms with van der Waals surface area (Å²) in [5.74, 6) is 1.40. The van der Waals surface area contributed by atoms with Crippen molar-refractivity contribution in [1.82, 2.24) is 10.7 Å². The van der Waals surface area contributed by atoms with Crippen LogP contribution in [0.1, 0.15) is 44.2 Å². The quantitative estimate of drug-likeness (QED) is 0.350. The molecule has 0 saturated carbocycles. The normalized spacial score (nSPS) is 14.0. The summed E-state index contributed by atoms with van der Waals surface area (Å²) in [5.41, 5.74) is 4.45. The van der Waals surface area contributed by atoms with Crippen LogP contribution in [0.15, 0.2) is 41.5 Å². The predicted octanol–water partition coefficient (Wildman–Crippen LogP) is 3.41. The Labute approximate surface area is 216 Å². The van der Waals surface area contributed by atoms with Gasteiger partial charge in [-0.3, -0.25) is 4.79 Å². The fraction of sp³-hybridized carbons (Fsp3) is 0.423. The predicted molar refractivity (Wildman–Crippen MR) is 137 cm³/mol. The van der Waals surface area contributed by atoms with Gasteiger partial charge in [0.25, 0.3) is 0 Å².